The Bertz CT molecular complexity index is 882. The fourth-order valence-corrected chi connectivity index (χ4v) is 2.66. The van der Waals surface area contributed by atoms with Crippen molar-refractivity contribution in [1.29, 1.82) is 0 Å². The van der Waals surface area contributed by atoms with Gasteiger partial charge in [0.2, 0.25) is 11.6 Å². The highest BCUT2D eigenvalue weighted by Gasteiger charge is 2.24. The normalized spacial score (nSPS) is 10.4. The van der Waals surface area contributed by atoms with Crippen LogP contribution in [0.15, 0.2) is 36.1 Å². The van der Waals surface area contributed by atoms with Gasteiger partial charge in [0.25, 0.3) is 0 Å². The summed E-state index contributed by atoms with van der Waals surface area (Å²) in [6, 6.07) is 5.71. The quantitative estimate of drug-likeness (QED) is 0.534. The van der Waals surface area contributed by atoms with Gasteiger partial charge in [-0.2, -0.15) is 0 Å². The van der Waals surface area contributed by atoms with Gasteiger partial charge in [-0.3, -0.25) is 10.1 Å². The molecule has 0 fully saturated rings. The number of hydrogen-bond acceptors (Lipinski definition) is 8. The maximum atomic E-state index is 11.5. The second-order valence-corrected chi connectivity index (χ2v) is 5.91. The zero-order chi connectivity index (χ0) is 17.1. The first-order valence-electron chi connectivity index (χ1n) is 7.05. The second kappa shape index (κ2) is 6.59. The summed E-state index contributed by atoms with van der Waals surface area (Å²) in [5, 5.41) is 19.7. The van der Waals surface area contributed by atoms with Crippen LogP contribution >= 0.6 is 11.3 Å². The SMILES string of the molecule is Cc1cccc(Nc2ncnc(Nc3nccs3)c2[N+](=O)[O-])c1C. The van der Waals surface area contributed by atoms with E-state index >= 15 is 0 Å². The lowest BCUT2D eigenvalue weighted by Gasteiger charge is -2.12. The minimum absolute atomic E-state index is 0.0951. The van der Waals surface area contributed by atoms with Gasteiger partial charge in [0, 0.05) is 17.3 Å². The molecule has 0 unspecified atom stereocenters. The number of nitrogens with one attached hydrogen (secondary N) is 2. The van der Waals surface area contributed by atoms with E-state index in [-0.39, 0.29) is 17.3 Å². The second-order valence-electron chi connectivity index (χ2n) is 5.01. The summed E-state index contributed by atoms with van der Waals surface area (Å²) in [4.78, 5) is 23.1. The molecular weight excluding hydrogens is 328 g/mol. The predicted molar refractivity (Wildman–Crippen MR) is 93.3 cm³/mol. The molecule has 2 heterocycles. The Morgan fingerprint density at radius 1 is 1.12 bits per heavy atom. The zero-order valence-corrected chi connectivity index (χ0v) is 13.8. The van der Waals surface area contributed by atoms with Crippen LogP contribution in [0.5, 0.6) is 0 Å². The number of aromatic nitrogens is 3. The Morgan fingerprint density at radius 2 is 1.88 bits per heavy atom. The van der Waals surface area contributed by atoms with Gasteiger partial charge in [0.1, 0.15) is 6.33 Å². The third-order valence-corrected chi connectivity index (χ3v) is 4.21. The number of thiazole rings is 1. The maximum Gasteiger partial charge on any atom is 0.353 e. The molecule has 3 rings (SSSR count). The predicted octanol–water partition coefficient (Wildman–Crippen LogP) is 3.95. The van der Waals surface area contributed by atoms with Crippen LogP contribution in [0.4, 0.5) is 28.1 Å². The molecule has 0 aliphatic carbocycles. The van der Waals surface area contributed by atoms with Crippen molar-refractivity contribution in [3.05, 3.63) is 57.3 Å². The minimum atomic E-state index is -0.511. The molecule has 3 aromatic rings. The van der Waals surface area contributed by atoms with Gasteiger partial charge in [0.05, 0.1) is 4.92 Å². The fraction of sp³-hybridized carbons (Fsp3) is 0.133. The standard InChI is InChI=1S/C15H14N6O2S/c1-9-4-3-5-11(10(9)2)19-13-12(21(22)23)14(18-8-17-13)20-15-16-6-7-24-15/h3-8H,1-2H3,(H2,16,17,18,19,20). The number of anilines is 4. The molecule has 8 nitrogen and oxygen atoms in total. The number of aryl methyl sites for hydroxylation is 1. The molecule has 1 aromatic carbocycles. The van der Waals surface area contributed by atoms with Crippen LogP contribution in [0.1, 0.15) is 11.1 Å². The summed E-state index contributed by atoms with van der Waals surface area (Å²) in [6.07, 6.45) is 2.88. The van der Waals surface area contributed by atoms with E-state index in [2.05, 4.69) is 25.6 Å². The lowest BCUT2D eigenvalue weighted by atomic mass is 10.1. The highest BCUT2D eigenvalue weighted by atomic mass is 32.1. The van der Waals surface area contributed by atoms with Gasteiger partial charge in [-0.1, -0.05) is 12.1 Å². The highest BCUT2D eigenvalue weighted by molar-refractivity contribution is 7.13. The van der Waals surface area contributed by atoms with E-state index < -0.39 is 4.92 Å². The van der Waals surface area contributed by atoms with Gasteiger partial charge in [-0.15, -0.1) is 11.3 Å². The van der Waals surface area contributed by atoms with Crippen molar-refractivity contribution in [2.45, 2.75) is 13.8 Å². The fourth-order valence-electron chi connectivity index (χ4n) is 2.14. The largest absolute Gasteiger partial charge is 0.353 e. The lowest BCUT2D eigenvalue weighted by Crippen LogP contribution is -2.06. The van der Waals surface area contributed by atoms with E-state index in [1.807, 2.05) is 32.0 Å². The molecule has 24 heavy (non-hydrogen) atoms. The van der Waals surface area contributed by atoms with Crippen molar-refractivity contribution < 1.29 is 4.92 Å². The molecule has 2 N–H and O–H groups in total. The van der Waals surface area contributed by atoms with Crippen LogP contribution in [0.2, 0.25) is 0 Å². The first-order valence-corrected chi connectivity index (χ1v) is 7.93. The Morgan fingerprint density at radius 3 is 2.54 bits per heavy atom. The van der Waals surface area contributed by atoms with E-state index in [0.717, 1.165) is 16.8 Å². The number of nitrogens with zero attached hydrogens (tertiary/aromatic N) is 4. The number of benzene rings is 1. The van der Waals surface area contributed by atoms with E-state index in [1.165, 1.54) is 17.7 Å². The third-order valence-electron chi connectivity index (χ3n) is 3.52. The topological polar surface area (TPSA) is 106 Å². The van der Waals surface area contributed by atoms with E-state index in [1.54, 1.807) is 11.6 Å². The molecule has 122 valence electrons. The molecule has 0 radical (unpaired) electrons. The van der Waals surface area contributed by atoms with Crippen LogP contribution in [0.25, 0.3) is 0 Å². The summed E-state index contributed by atoms with van der Waals surface area (Å²) in [5.41, 5.74) is 2.61. The smallest absolute Gasteiger partial charge is 0.334 e. The van der Waals surface area contributed by atoms with Crippen molar-refractivity contribution in [1.82, 2.24) is 15.0 Å². The molecule has 0 bridgehead atoms. The molecule has 0 aliphatic heterocycles. The van der Waals surface area contributed by atoms with Crippen molar-refractivity contribution in [3.8, 4) is 0 Å². The summed E-state index contributed by atoms with van der Waals surface area (Å²) in [7, 11) is 0. The van der Waals surface area contributed by atoms with Gasteiger partial charge in [-0.25, -0.2) is 15.0 Å². The maximum absolute atomic E-state index is 11.5. The molecule has 0 aliphatic rings. The number of rotatable bonds is 5. The van der Waals surface area contributed by atoms with Crippen LogP contribution in [-0.2, 0) is 0 Å². The van der Waals surface area contributed by atoms with Gasteiger partial charge >= 0.3 is 5.69 Å². The lowest BCUT2D eigenvalue weighted by molar-refractivity contribution is -0.383. The van der Waals surface area contributed by atoms with Crippen molar-refractivity contribution in [3.63, 3.8) is 0 Å². The monoisotopic (exact) mass is 342 g/mol. The summed E-state index contributed by atoms with van der Waals surface area (Å²) in [6.45, 7) is 3.92. The average molecular weight is 342 g/mol. The Labute approximate surface area is 141 Å². The molecule has 0 saturated carbocycles. The van der Waals surface area contributed by atoms with Crippen molar-refractivity contribution >= 4 is 39.5 Å². The molecule has 0 atom stereocenters. The van der Waals surface area contributed by atoms with Crippen LogP contribution in [0, 0.1) is 24.0 Å². The molecule has 9 heteroatoms. The van der Waals surface area contributed by atoms with Gasteiger partial charge < -0.3 is 10.6 Å². The minimum Gasteiger partial charge on any atom is -0.334 e. The van der Waals surface area contributed by atoms with Crippen LogP contribution in [-0.4, -0.2) is 19.9 Å². The van der Waals surface area contributed by atoms with E-state index in [4.69, 9.17) is 0 Å². The summed E-state index contributed by atoms with van der Waals surface area (Å²) >= 11 is 1.33. The Kier molecular flexibility index (Phi) is 4.34. The van der Waals surface area contributed by atoms with Gasteiger partial charge in [-0.05, 0) is 31.0 Å². The first kappa shape index (κ1) is 15.8. The summed E-state index contributed by atoms with van der Waals surface area (Å²) in [5.74, 6) is 0.223. The van der Waals surface area contributed by atoms with Crippen molar-refractivity contribution in [2.75, 3.05) is 10.6 Å². The molecule has 0 amide bonds. The van der Waals surface area contributed by atoms with Crippen LogP contribution in [0.3, 0.4) is 0 Å². The number of hydrogen-bond donors (Lipinski definition) is 2. The molecule has 2 aromatic heterocycles. The summed E-state index contributed by atoms with van der Waals surface area (Å²) < 4.78 is 0. The Balaban J connectivity index is 2.01. The van der Waals surface area contributed by atoms with Gasteiger partial charge in [0.15, 0.2) is 5.13 Å². The van der Waals surface area contributed by atoms with Crippen molar-refractivity contribution in [2.24, 2.45) is 0 Å². The zero-order valence-electron chi connectivity index (χ0n) is 13.0. The molecule has 0 saturated heterocycles. The molecular formula is C15H14N6O2S. The number of nitro groups is 1. The first-order chi connectivity index (χ1) is 11.6. The van der Waals surface area contributed by atoms with E-state index in [9.17, 15) is 10.1 Å². The average Bonchev–Trinajstić information content (AvgIpc) is 3.05. The highest BCUT2D eigenvalue weighted by Crippen LogP contribution is 2.34. The van der Waals surface area contributed by atoms with Crippen LogP contribution < -0.4 is 10.6 Å². The Hall–Kier alpha value is -3.07. The molecule has 0 spiro atoms. The van der Waals surface area contributed by atoms with E-state index in [0.29, 0.717) is 5.13 Å². The third kappa shape index (κ3) is 3.15.